The van der Waals surface area contributed by atoms with Crippen LogP contribution in [-0.4, -0.2) is 58.0 Å². The lowest BCUT2D eigenvalue weighted by molar-refractivity contribution is 0.0633. The van der Waals surface area contributed by atoms with Gasteiger partial charge in [0, 0.05) is 56.7 Å². The van der Waals surface area contributed by atoms with Crippen LogP contribution in [0.15, 0.2) is 36.9 Å². The Morgan fingerprint density at radius 3 is 2.57 bits per heavy atom. The number of benzene rings is 1. The summed E-state index contributed by atoms with van der Waals surface area (Å²) in [6.07, 6.45) is 5.57. The number of carbonyl (C=O) groups is 1. The van der Waals surface area contributed by atoms with Crippen molar-refractivity contribution in [2.24, 2.45) is 0 Å². The smallest absolute Gasteiger partial charge is 0.255 e. The molecule has 3 rings (SSSR count). The normalized spacial score (nSPS) is 15.8. The van der Waals surface area contributed by atoms with Crippen LogP contribution in [0.5, 0.6) is 0 Å². The summed E-state index contributed by atoms with van der Waals surface area (Å²) in [6.45, 7) is 5.03. The molecule has 23 heavy (non-hydrogen) atoms. The zero-order valence-corrected chi connectivity index (χ0v) is 14.2. The first-order valence-electron chi connectivity index (χ1n) is 7.56. The summed E-state index contributed by atoms with van der Waals surface area (Å²) in [5.41, 5.74) is 0.517. The summed E-state index contributed by atoms with van der Waals surface area (Å²) >= 11 is 12.0. The Morgan fingerprint density at radius 2 is 1.91 bits per heavy atom. The van der Waals surface area contributed by atoms with Crippen molar-refractivity contribution in [2.75, 3.05) is 32.7 Å². The molecule has 5 nitrogen and oxygen atoms in total. The van der Waals surface area contributed by atoms with E-state index in [0.29, 0.717) is 28.7 Å². The molecular formula is C16H18Cl2N4O. The number of rotatable bonds is 4. The summed E-state index contributed by atoms with van der Waals surface area (Å²) in [4.78, 5) is 20.8. The number of piperazine rings is 1. The first kappa shape index (κ1) is 16.3. The van der Waals surface area contributed by atoms with Gasteiger partial charge in [-0.15, -0.1) is 0 Å². The zero-order valence-electron chi connectivity index (χ0n) is 12.7. The SMILES string of the molecule is O=C(c1ccc(Cl)cc1Cl)N1CCN(CCn2ccnc2)CC1. The number of carbonyl (C=O) groups excluding carboxylic acids is 1. The van der Waals surface area contributed by atoms with Gasteiger partial charge in [0.2, 0.25) is 0 Å². The molecule has 122 valence electrons. The molecule has 1 amide bonds. The minimum Gasteiger partial charge on any atom is -0.336 e. The van der Waals surface area contributed by atoms with Crippen LogP contribution in [-0.2, 0) is 6.54 Å². The summed E-state index contributed by atoms with van der Waals surface area (Å²) in [5, 5.41) is 0.945. The first-order chi connectivity index (χ1) is 11.1. The molecule has 0 radical (unpaired) electrons. The molecule has 0 aliphatic carbocycles. The van der Waals surface area contributed by atoms with Gasteiger partial charge in [-0.3, -0.25) is 9.69 Å². The van der Waals surface area contributed by atoms with Gasteiger partial charge in [-0.05, 0) is 18.2 Å². The van der Waals surface area contributed by atoms with Gasteiger partial charge in [0.25, 0.3) is 5.91 Å². The summed E-state index contributed by atoms with van der Waals surface area (Å²) in [6, 6.07) is 5.00. The van der Waals surface area contributed by atoms with Gasteiger partial charge >= 0.3 is 0 Å². The molecule has 0 unspecified atom stereocenters. The summed E-state index contributed by atoms with van der Waals surface area (Å²) < 4.78 is 2.06. The van der Waals surface area contributed by atoms with Crippen molar-refractivity contribution in [3.63, 3.8) is 0 Å². The monoisotopic (exact) mass is 352 g/mol. The van der Waals surface area contributed by atoms with Crippen molar-refractivity contribution in [3.8, 4) is 0 Å². The quantitative estimate of drug-likeness (QED) is 0.849. The van der Waals surface area contributed by atoms with Crippen molar-refractivity contribution in [2.45, 2.75) is 6.54 Å². The second kappa shape index (κ2) is 7.34. The van der Waals surface area contributed by atoms with Crippen LogP contribution in [0.4, 0.5) is 0 Å². The van der Waals surface area contributed by atoms with Gasteiger partial charge in [-0.1, -0.05) is 23.2 Å². The van der Waals surface area contributed by atoms with Crippen LogP contribution >= 0.6 is 23.2 Å². The Kier molecular flexibility index (Phi) is 5.20. The molecule has 1 aliphatic rings. The van der Waals surface area contributed by atoms with Crippen LogP contribution in [0.3, 0.4) is 0 Å². The van der Waals surface area contributed by atoms with Crippen LogP contribution in [0.1, 0.15) is 10.4 Å². The molecule has 2 aromatic rings. The number of halogens is 2. The molecule has 1 aromatic carbocycles. The maximum atomic E-state index is 12.6. The lowest BCUT2D eigenvalue weighted by Gasteiger charge is -2.35. The van der Waals surface area contributed by atoms with E-state index < -0.39 is 0 Å². The molecule has 0 spiro atoms. The van der Waals surface area contributed by atoms with Crippen molar-refractivity contribution >= 4 is 29.1 Å². The molecule has 1 fully saturated rings. The molecule has 0 N–H and O–H groups in total. The van der Waals surface area contributed by atoms with E-state index in [-0.39, 0.29) is 5.91 Å². The second-order valence-electron chi connectivity index (χ2n) is 5.56. The molecule has 0 atom stereocenters. The van der Waals surface area contributed by atoms with E-state index in [1.54, 1.807) is 24.4 Å². The fourth-order valence-electron chi connectivity index (χ4n) is 2.68. The molecule has 0 saturated carbocycles. The van der Waals surface area contributed by atoms with E-state index in [2.05, 4.69) is 14.5 Å². The largest absolute Gasteiger partial charge is 0.336 e. The highest BCUT2D eigenvalue weighted by molar-refractivity contribution is 6.36. The van der Waals surface area contributed by atoms with Crippen molar-refractivity contribution in [1.82, 2.24) is 19.4 Å². The predicted molar refractivity (Wildman–Crippen MR) is 91.0 cm³/mol. The Balaban J connectivity index is 1.53. The number of aromatic nitrogens is 2. The second-order valence-corrected chi connectivity index (χ2v) is 6.40. The molecular weight excluding hydrogens is 335 g/mol. The number of hydrogen-bond acceptors (Lipinski definition) is 3. The topological polar surface area (TPSA) is 41.4 Å². The van der Waals surface area contributed by atoms with Crippen LogP contribution in [0, 0.1) is 0 Å². The molecule has 1 aromatic heterocycles. The Labute approximate surface area is 145 Å². The molecule has 1 aliphatic heterocycles. The fraction of sp³-hybridized carbons (Fsp3) is 0.375. The average molecular weight is 353 g/mol. The highest BCUT2D eigenvalue weighted by Crippen LogP contribution is 2.22. The Morgan fingerprint density at radius 1 is 1.13 bits per heavy atom. The molecule has 2 heterocycles. The van der Waals surface area contributed by atoms with Gasteiger partial charge in [-0.25, -0.2) is 4.98 Å². The summed E-state index contributed by atoms with van der Waals surface area (Å²) in [7, 11) is 0. The minimum absolute atomic E-state index is 0.0269. The van der Waals surface area contributed by atoms with Gasteiger partial charge in [-0.2, -0.15) is 0 Å². The van der Waals surface area contributed by atoms with E-state index >= 15 is 0 Å². The maximum absolute atomic E-state index is 12.6. The standard InChI is InChI=1S/C16H18Cl2N4O/c17-13-1-2-14(15(18)11-13)16(23)22-9-7-20(8-10-22)5-6-21-4-3-19-12-21/h1-4,11-12H,5-10H2. The third-order valence-electron chi connectivity index (χ3n) is 4.05. The van der Waals surface area contributed by atoms with Crippen molar-refractivity contribution in [3.05, 3.63) is 52.5 Å². The number of nitrogens with zero attached hydrogens (tertiary/aromatic N) is 4. The lowest BCUT2D eigenvalue weighted by Crippen LogP contribution is -2.49. The number of imidazole rings is 1. The average Bonchev–Trinajstić information content (AvgIpc) is 3.06. The van der Waals surface area contributed by atoms with Crippen molar-refractivity contribution < 1.29 is 4.79 Å². The first-order valence-corrected chi connectivity index (χ1v) is 8.31. The van der Waals surface area contributed by atoms with Gasteiger partial charge < -0.3 is 9.47 Å². The Hall–Kier alpha value is -1.56. The Bertz CT molecular complexity index is 667. The van der Waals surface area contributed by atoms with Gasteiger partial charge in [0.1, 0.15) is 0 Å². The number of hydrogen-bond donors (Lipinski definition) is 0. The van der Waals surface area contributed by atoms with E-state index in [1.807, 2.05) is 17.4 Å². The summed E-state index contributed by atoms with van der Waals surface area (Å²) in [5.74, 6) is -0.0269. The van der Waals surface area contributed by atoms with E-state index in [4.69, 9.17) is 23.2 Å². The molecule has 0 bridgehead atoms. The molecule has 7 heteroatoms. The zero-order chi connectivity index (χ0) is 16.2. The minimum atomic E-state index is -0.0269. The van der Waals surface area contributed by atoms with E-state index in [1.165, 1.54) is 0 Å². The highest BCUT2D eigenvalue weighted by atomic mass is 35.5. The fourth-order valence-corrected chi connectivity index (χ4v) is 3.17. The highest BCUT2D eigenvalue weighted by Gasteiger charge is 2.23. The van der Waals surface area contributed by atoms with Gasteiger partial charge in [0.15, 0.2) is 0 Å². The van der Waals surface area contributed by atoms with Crippen molar-refractivity contribution in [1.29, 1.82) is 0 Å². The van der Waals surface area contributed by atoms with E-state index in [9.17, 15) is 4.79 Å². The third kappa shape index (κ3) is 4.05. The lowest BCUT2D eigenvalue weighted by atomic mass is 10.2. The molecule has 1 saturated heterocycles. The maximum Gasteiger partial charge on any atom is 0.255 e. The van der Waals surface area contributed by atoms with Crippen LogP contribution in [0.25, 0.3) is 0 Å². The number of amides is 1. The van der Waals surface area contributed by atoms with Crippen LogP contribution in [0.2, 0.25) is 10.0 Å². The predicted octanol–water partition coefficient (Wildman–Crippen LogP) is 2.65. The van der Waals surface area contributed by atoms with Gasteiger partial charge in [0.05, 0.1) is 16.9 Å². The van der Waals surface area contributed by atoms with Crippen LogP contribution < -0.4 is 0 Å². The van der Waals surface area contributed by atoms with E-state index in [0.717, 1.165) is 26.2 Å². The third-order valence-corrected chi connectivity index (χ3v) is 4.60.